The summed E-state index contributed by atoms with van der Waals surface area (Å²) in [5.74, 6) is 0.833. The zero-order valence-electron chi connectivity index (χ0n) is 17.9. The van der Waals surface area contributed by atoms with Crippen molar-refractivity contribution in [3.05, 3.63) is 51.4 Å². The van der Waals surface area contributed by atoms with E-state index in [9.17, 15) is 4.79 Å². The maximum absolute atomic E-state index is 13.1. The molecule has 0 amide bonds. The van der Waals surface area contributed by atoms with E-state index < -0.39 is 0 Å². The smallest absolute Gasteiger partial charge is 0.338 e. The van der Waals surface area contributed by atoms with Crippen LogP contribution in [0.5, 0.6) is 11.5 Å². The number of allylic oxidation sites excluding steroid dienone is 1. The van der Waals surface area contributed by atoms with Crippen LogP contribution in [0.1, 0.15) is 37.3 Å². The van der Waals surface area contributed by atoms with Gasteiger partial charge in [0.1, 0.15) is 0 Å². The largest absolute Gasteiger partial charge is 0.493 e. The van der Waals surface area contributed by atoms with E-state index in [1.54, 1.807) is 25.6 Å². The van der Waals surface area contributed by atoms with E-state index >= 15 is 0 Å². The molecule has 3 rings (SSSR count). The molecule has 1 aliphatic rings. The van der Waals surface area contributed by atoms with Gasteiger partial charge >= 0.3 is 5.97 Å². The molecule has 2 aromatic rings. The molecule has 6 nitrogen and oxygen atoms in total. The van der Waals surface area contributed by atoms with Crippen molar-refractivity contribution in [2.75, 3.05) is 19.1 Å². The fraction of sp³-hybridized carbons (Fsp3) is 0.364. The highest BCUT2D eigenvalue weighted by molar-refractivity contribution is 7.80. The van der Waals surface area contributed by atoms with Gasteiger partial charge in [0.25, 0.3) is 0 Å². The van der Waals surface area contributed by atoms with Crippen molar-refractivity contribution in [2.45, 2.75) is 39.8 Å². The van der Waals surface area contributed by atoms with Gasteiger partial charge in [0.15, 0.2) is 16.6 Å². The van der Waals surface area contributed by atoms with Gasteiger partial charge in [-0.3, -0.25) is 4.90 Å². The standard InChI is InChI=1S/C22H26N2O4S2/c1-12(2)28-21(25)18-14(4)24(15-7-8-16(26-5)17(11-15)27-6)22(29)23-19(18)20-13(3)9-10-30-20/h7-12,19H,1-6H3,(H,23,29)/t19-/m0/s1. The molecule has 0 saturated carbocycles. The fourth-order valence-electron chi connectivity index (χ4n) is 3.44. The predicted octanol–water partition coefficient (Wildman–Crippen LogP) is 4.74. The Kier molecular flexibility index (Phi) is 6.67. The number of thiophene rings is 1. The lowest BCUT2D eigenvalue weighted by Gasteiger charge is -2.37. The van der Waals surface area contributed by atoms with Gasteiger partial charge in [-0.1, -0.05) is 0 Å². The topological polar surface area (TPSA) is 60.0 Å². The number of esters is 1. The quantitative estimate of drug-likeness (QED) is 0.508. The Bertz CT molecular complexity index is 997. The molecule has 0 spiro atoms. The van der Waals surface area contributed by atoms with Gasteiger partial charge in [-0.2, -0.15) is 0 Å². The number of thiocarbonyl (C=S) groups is 1. The second-order valence-electron chi connectivity index (χ2n) is 7.18. The van der Waals surface area contributed by atoms with E-state index in [1.165, 1.54) is 0 Å². The lowest BCUT2D eigenvalue weighted by atomic mass is 9.98. The Hall–Kier alpha value is -2.58. The van der Waals surface area contributed by atoms with Crippen LogP contribution in [0.4, 0.5) is 5.69 Å². The highest BCUT2D eigenvalue weighted by Gasteiger charge is 2.37. The first kappa shape index (κ1) is 22.1. The number of nitrogens with zero attached hydrogens (tertiary/aromatic N) is 1. The molecule has 1 aromatic carbocycles. The number of rotatable bonds is 6. The Labute approximate surface area is 186 Å². The molecule has 1 N–H and O–H groups in total. The average molecular weight is 447 g/mol. The van der Waals surface area contributed by atoms with E-state index in [1.807, 2.05) is 62.2 Å². The first-order valence-corrected chi connectivity index (χ1v) is 10.9. The predicted molar refractivity (Wildman–Crippen MR) is 123 cm³/mol. The lowest BCUT2D eigenvalue weighted by Crippen LogP contribution is -2.48. The SMILES string of the molecule is COc1ccc(N2C(=S)N[C@H](c3sccc3C)C(C(=O)OC(C)C)=C2C)cc1OC. The Morgan fingerprint density at radius 3 is 2.43 bits per heavy atom. The number of carbonyl (C=O) groups is 1. The molecule has 0 saturated heterocycles. The van der Waals surface area contributed by atoms with E-state index in [4.69, 9.17) is 26.4 Å². The maximum atomic E-state index is 13.1. The average Bonchev–Trinajstić information content (AvgIpc) is 3.12. The fourth-order valence-corrected chi connectivity index (χ4v) is 4.78. The van der Waals surface area contributed by atoms with Gasteiger partial charge in [-0.15, -0.1) is 11.3 Å². The normalized spacial score (nSPS) is 16.6. The van der Waals surface area contributed by atoms with Gasteiger partial charge in [-0.25, -0.2) is 4.79 Å². The zero-order chi connectivity index (χ0) is 22.0. The van der Waals surface area contributed by atoms with Crippen LogP contribution in [0.3, 0.4) is 0 Å². The van der Waals surface area contributed by atoms with Crippen LogP contribution < -0.4 is 19.7 Å². The molecule has 0 unspecified atom stereocenters. The summed E-state index contributed by atoms with van der Waals surface area (Å²) < 4.78 is 16.4. The van der Waals surface area contributed by atoms with Crippen LogP contribution in [0.25, 0.3) is 0 Å². The number of anilines is 1. The molecular weight excluding hydrogens is 420 g/mol. The number of benzene rings is 1. The minimum atomic E-state index is -0.361. The van der Waals surface area contributed by atoms with Gasteiger partial charge < -0.3 is 19.5 Å². The number of hydrogen-bond donors (Lipinski definition) is 1. The third kappa shape index (κ3) is 4.15. The zero-order valence-corrected chi connectivity index (χ0v) is 19.6. The number of methoxy groups -OCH3 is 2. The van der Waals surface area contributed by atoms with Gasteiger partial charge in [0.05, 0.1) is 37.6 Å². The van der Waals surface area contributed by atoms with Crippen molar-refractivity contribution in [1.82, 2.24) is 5.32 Å². The molecule has 0 bridgehead atoms. The number of aryl methyl sites for hydroxylation is 1. The highest BCUT2D eigenvalue weighted by Crippen LogP contribution is 2.39. The first-order valence-electron chi connectivity index (χ1n) is 9.56. The molecule has 160 valence electrons. The van der Waals surface area contributed by atoms with Crippen LogP contribution in [0, 0.1) is 6.92 Å². The lowest BCUT2D eigenvalue weighted by molar-refractivity contribution is -0.143. The summed E-state index contributed by atoms with van der Waals surface area (Å²) in [5, 5.41) is 5.86. The first-order chi connectivity index (χ1) is 14.3. The third-order valence-corrected chi connectivity index (χ3v) is 6.22. The molecule has 1 aromatic heterocycles. The van der Waals surface area contributed by atoms with E-state index in [0.29, 0.717) is 22.2 Å². The summed E-state index contributed by atoms with van der Waals surface area (Å²) in [6.45, 7) is 7.59. The molecule has 0 aliphatic carbocycles. The monoisotopic (exact) mass is 446 g/mol. The van der Waals surface area contributed by atoms with E-state index in [2.05, 4.69) is 5.32 Å². The molecule has 1 aliphatic heterocycles. The van der Waals surface area contributed by atoms with Crippen molar-refractivity contribution in [3.8, 4) is 11.5 Å². The molecule has 2 heterocycles. The Morgan fingerprint density at radius 1 is 1.17 bits per heavy atom. The van der Waals surface area contributed by atoms with E-state index in [-0.39, 0.29) is 18.1 Å². The number of nitrogens with one attached hydrogen (secondary N) is 1. The van der Waals surface area contributed by atoms with Crippen LogP contribution in [0.15, 0.2) is 40.9 Å². The minimum absolute atomic E-state index is 0.230. The molecule has 0 fully saturated rings. The minimum Gasteiger partial charge on any atom is -0.493 e. The van der Waals surface area contributed by atoms with E-state index in [0.717, 1.165) is 21.8 Å². The summed E-state index contributed by atoms with van der Waals surface area (Å²) in [6.07, 6.45) is -0.230. The summed E-state index contributed by atoms with van der Waals surface area (Å²) in [7, 11) is 3.17. The van der Waals surface area contributed by atoms with Gasteiger partial charge in [0, 0.05) is 16.6 Å². The number of ether oxygens (including phenoxy) is 3. The highest BCUT2D eigenvalue weighted by atomic mass is 32.1. The third-order valence-electron chi connectivity index (χ3n) is 4.84. The molecule has 1 atom stereocenters. The second-order valence-corrected chi connectivity index (χ2v) is 8.51. The molecule has 0 radical (unpaired) electrons. The van der Waals surface area contributed by atoms with Gasteiger partial charge in [-0.05, 0) is 69.1 Å². The molecule has 30 heavy (non-hydrogen) atoms. The van der Waals surface area contributed by atoms with Crippen molar-refractivity contribution >= 4 is 40.3 Å². The summed E-state index contributed by atoms with van der Waals surface area (Å²) in [6, 6.07) is 7.19. The number of carbonyl (C=O) groups excluding carboxylic acids is 1. The van der Waals surface area contributed by atoms with Crippen molar-refractivity contribution in [2.24, 2.45) is 0 Å². The molecule has 8 heteroatoms. The summed E-state index contributed by atoms with van der Waals surface area (Å²) in [4.78, 5) is 16.0. The second kappa shape index (κ2) is 9.06. The van der Waals surface area contributed by atoms with Crippen molar-refractivity contribution in [3.63, 3.8) is 0 Å². The van der Waals surface area contributed by atoms with Crippen LogP contribution in [-0.2, 0) is 9.53 Å². The van der Waals surface area contributed by atoms with Crippen LogP contribution >= 0.6 is 23.6 Å². The molecular formula is C22H26N2O4S2. The Morgan fingerprint density at radius 2 is 1.87 bits per heavy atom. The van der Waals surface area contributed by atoms with Gasteiger partial charge in [0.2, 0.25) is 0 Å². The Balaban J connectivity index is 2.14. The van der Waals surface area contributed by atoms with Crippen LogP contribution in [-0.4, -0.2) is 31.4 Å². The number of hydrogen-bond acceptors (Lipinski definition) is 6. The van der Waals surface area contributed by atoms with Crippen LogP contribution in [0.2, 0.25) is 0 Å². The summed E-state index contributed by atoms with van der Waals surface area (Å²) in [5.41, 5.74) is 3.12. The summed E-state index contributed by atoms with van der Waals surface area (Å²) >= 11 is 7.30. The van der Waals surface area contributed by atoms with Crippen molar-refractivity contribution < 1.29 is 19.0 Å². The van der Waals surface area contributed by atoms with Crippen molar-refractivity contribution in [1.29, 1.82) is 0 Å². The maximum Gasteiger partial charge on any atom is 0.338 e.